The number of carboxylic acids is 1. The number of alkyl halides is 3. The molecule has 8 heteroatoms. The molecule has 0 aliphatic heterocycles. The summed E-state index contributed by atoms with van der Waals surface area (Å²) in [7, 11) is 0.761. The van der Waals surface area contributed by atoms with Gasteiger partial charge in [-0.3, -0.25) is 4.79 Å². The van der Waals surface area contributed by atoms with Crippen LogP contribution in [0, 0.1) is 6.92 Å². The van der Waals surface area contributed by atoms with Crippen molar-refractivity contribution in [2.75, 3.05) is 7.11 Å². The molecule has 2 aromatic rings. The van der Waals surface area contributed by atoms with E-state index in [-0.39, 0.29) is 6.42 Å². The molecule has 2 N–H and O–H groups in total. The standard InChI is InChI=1S/C20H20F3NO4/c1-13-8-6-7-9-14(13)12-16(17(25)26)24-18(27)19(28-2,20(21,22)23)15-10-4-3-5-11-15/h3-11,16H,12H2,1-2H3,(H,24,27)(H,25,26)/t16-,19?/m1/s1. The van der Waals surface area contributed by atoms with Gasteiger partial charge in [-0.15, -0.1) is 0 Å². The largest absolute Gasteiger partial charge is 0.480 e. The van der Waals surface area contributed by atoms with Gasteiger partial charge >= 0.3 is 12.1 Å². The zero-order valence-electron chi connectivity index (χ0n) is 15.3. The molecule has 0 bridgehead atoms. The second-order valence-corrected chi connectivity index (χ2v) is 6.24. The van der Waals surface area contributed by atoms with Crippen LogP contribution in [-0.2, 0) is 26.3 Å². The molecule has 0 aromatic heterocycles. The van der Waals surface area contributed by atoms with Crippen molar-refractivity contribution in [1.82, 2.24) is 5.32 Å². The van der Waals surface area contributed by atoms with E-state index in [9.17, 15) is 27.9 Å². The highest BCUT2D eigenvalue weighted by molar-refractivity contribution is 5.91. The van der Waals surface area contributed by atoms with E-state index in [2.05, 4.69) is 4.74 Å². The number of aryl methyl sites for hydroxylation is 1. The number of rotatable bonds is 7. The van der Waals surface area contributed by atoms with Crippen molar-refractivity contribution < 1.29 is 32.6 Å². The first-order valence-electron chi connectivity index (χ1n) is 8.39. The van der Waals surface area contributed by atoms with Gasteiger partial charge < -0.3 is 15.2 Å². The lowest BCUT2D eigenvalue weighted by Crippen LogP contribution is -2.59. The molecule has 5 nitrogen and oxygen atoms in total. The summed E-state index contributed by atoms with van der Waals surface area (Å²) in [6.45, 7) is 1.75. The molecule has 2 rings (SSSR count). The first kappa shape index (κ1) is 21.4. The molecule has 0 radical (unpaired) electrons. The zero-order valence-corrected chi connectivity index (χ0v) is 15.3. The van der Waals surface area contributed by atoms with Gasteiger partial charge in [0.25, 0.3) is 11.5 Å². The number of carbonyl (C=O) groups is 2. The number of ether oxygens (including phenoxy) is 1. The molecule has 0 spiro atoms. The maximum Gasteiger partial charge on any atom is 0.430 e. The number of amides is 1. The van der Waals surface area contributed by atoms with Gasteiger partial charge in [0, 0.05) is 19.1 Å². The smallest absolute Gasteiger partial charge is 0.430 e. The summed E-state index contributed by atoms with van der Waals surface area (Å²) in [6, 6.07) is 11.7. The van der Waals surface area contributed by atoms with Crippen LogP contribution in [0.1, 0.15) is 16.7 Å². The predicted molar refractivity (Wildman–Crippen MR) is 95.6 cm³/mol. The molecule has 0 saturated heterocycles. The summed E-state index contributed by atoms with van der Waals surface area (Å²) >= 11 is 0. The summed E-state index contributed by atoms with van der Waals surface area (Å²) < 4.78 is 46.4. The Hall–Kier alpha value is -2.87. The molecule has 150 valence electrons. The maximum absolute atomic E-state index is 13.9. The minimum Gasteiger partial charge on any atom is -0.480 e. The van der Waals surface area contributed by atoms with Crippen molar-refractivity contribution in [3.05, 3.63) is 71.3 Å². The van der Waals surface area contributed by atoms with Gasteiger partial charge in [-0.1, -0.05) is 54.6 Å². The Kier molecular flexibility index (Phi) is 6.45. The van der Waals surface area contributed by atoms with Crippen LogP contribution in [0.3, 0.4) is 0 Å². The van der Waals surface area contributed by atoms with Crippen LogP contribution >= 0.6 is 0 Å². The Morgan fingerprint density at radius 3 is 2.14 bits per heavy atom. The van der Waals surface area contributed by atoms with E-state index in [1.165, 1.54) is 18.2 Å². The van der Waals surface area contributed by atoms with E-state index in [4.69, 9.17) is 0 Å². The third kappa shape index (κ3) is 4.17. The molecule has 28 heavy (non-hydrogen) atoms. The highest BCUT2D eigenvalue weighted by Crippen LogP contribution is 2.42. The van der Waals surface area contributed by atoms with Gasteiger partial charge in [-0.25, -0.2) is 4.79 Å². The fourth-order valence-corrected chi connectivity index (χ4v) is 2.94. The van der Waals surface area contributed by atoms with Crippen LogP contribution in [0.15, 0.2) is 54.6 Å². The van der Waals surface area contributed by atoms with Crippen molar-refractivity contribution in [3.8, 4) is 0 Å². The number of aliphatic carboxylic acids is 1. The van der Waals surface area contributed by atoms with Crippen molar-refractivity contribution in [3.63, 3.8) is 0 Å². The van der Waals surface area contributed by atoms with E-state index >= 15 is 0 Å². The molecule has 0 fully saturated rings. The molecule has 1 unspecified atom stereocenters. The zero-order chi connectivity index (χ0) is 20.9. The average Bonchev–Trinajstić information content (AvgIpc) is 2.63. The SMILES string of the molecule is COC(C(=O)N[C@H](Cc1ccccc1C)C(=O)O)(c1ccccc1)C(F)(F)F. The van der Waals surface area contributed by atoms with E-state index < -0.39 is 35.3 Å². The summed E-state index contributed by atoms with van der Waals surface area (Å²) in [5.74, 6) is -3.04. The molecule has 0 aliphatic rings. The third-order valence-electron chi connectivity index (χ3n) is 4.49. The Morgan fingerprint density at radius 1 is 1.07 bits per heavy atom. The topological polar surface area (TPSA) is 75.6 Å². The highest BCUT2D eigenvalue weighted by Gasteiger charge is 2.63. The fraction of sp³-hybridized carbons (Fsp3) is 0.300. The van der Waals surface area contributed by atoms with Crippen LogP contribution in [0.25, 0.3) is 0 Å². The molecular formula is C20H20F3NO4. The molecule has 0 saturated carbocycles. The monoisotopic (exact) mass is 395 g/mol. The second kappa shape index (κ2) is 8.43. The van der Waals surface area contributed by atoms with Crippen molar-refractivity contribution >= 4 is 11.9 Å². The molecule has 0 aliphatic carbocycles. The fourth-order valence-electron chi connectivity index (χ4n) is 2.94. The Balaban J connectivity index is 2.40. The number of benzene rings is 2. The summed E-state index contributed by atoms with van der Waals surface area (Å²) in [4.78, 5) is 24.3. The highest BCUT2D eigenvalue weighted by atomic mass is 19.4. The lowest BCUT2D eigenvalue weighted by Gasteiger charge is -2.34. The molecule has 2 atom stereocenters. The molecule has 2 aromatic carbocycles. The number of hydrogen-bond donors (Lipinski definition) is 2. The third-order valence-corrected chi connectivity index (χ3v) is 4.49. The van der Waals surface area contributed by atoms with Crippen molar-refractivity contribution in [2.24, 2.45) is 0 Å². The van der Waals surface area contributed by atoms with Crippen molar-refractivity contribution in [1.29, 1.82) is 0 Å². The minimum absolute atomic E-state index is 0.166. The predicted octanol–water partition coefficient (Wildman–Crippen LogP) is 3.21. The van der Waals surface area contributed by atoms with Crippen LogP contribution in [0.4, 0.5) is 13.2 Å². The Bertz CT molecular complexity index is 839. The number of halogens is 3. The van der Waals surface area contributed by atoms with E-state index in [1.54, 1.807) is 31.2 Å². The lowest BCUT2D eigenvalue weighted by molar-refractivity contribution is -0.266. The van der Waals surface area contributed by atoms with Crippen LogP contribution in [0.2, 0.25) is 0 Å². The molecule has 0 heterocycles. The van der Waals surface area contributed by atoms with Gasteiger partial charge in [0.05, 0.1) is 0 Å². The minimum atomic E-state index is -5.11. The van der Waals surface area contributed by atoms with E-state index in [1.807, 2.05) is 5.32 Å². The first-order chi connectivity index (χ1) is 13.1. The van der Waals surface area contributed by atoms with Gasteiger partial charge in [0.15, 0.2) is 0 Å². The molecule has 1 amide bonds. The average molecular weight is 395 g/mol. The Morgan fingerprint density at radius 2 is 1.64 bits per heavy atom. The number of carbonyl (C=O) groups excluding carboxylic acids is 1. The van der Waals surface area contributed by atoms with E-state index in [0.29, 0.717) is 5.56 Å². The van der Waals surface area contributed by atoms with Crippen LogP contribution in [0.5, 0.6) is 0 Å². The maximum atomic E-state index is 13.9. The quantitative estimate of drug-likeness (QED) is 0.755. The number of nitrogens with one attached hydrogen (secondary N) is 1. The first-order valence-corrected chi connectivity index (χ1v) is 8.39. The van der Waals surface area contributed by atoms with E-state index in [0.717, 1.165) is 24.8 Å². The number of hydrogen-bond acceptors (Lipinski definition) is 3. The van der Waals surface area contributed by atoms with Gasteiger partial charge in [-0.2, -0.15) is 13.2 Å². The second-order valence-electron chi connectivity index (χ2n) is 6.24. The van der Waals surface area contributed by atoms with Gasteiger partial charge in [0.1, 0.15) is 6.04 Å². The van der Waals surface area contributed by atoms with Crippen LogP contribution < -0.4 is 5.32 Å². The van der Waals surface area contributed by atoms with Gasteiger partial charge in [0.2, 0.25) is 0 Å². The lowest BCUT2D eigenvalue weighted by atomic mass is 9.90. The number of carboxylic acid groups (broad SMARTS) is 1. The number of methoxy groups -OCH3 is 1. The van der Waals surface area contributed by atoms with Gasteiger partial charge in [-0.05, 0) is 18.1 Å². The summed E-state index contributed by atoms with van der Waals surface area (Å²) in [5, 5.41) is 11.5. The molecular weight excluding hydrogens is 375 g/mol. The summed E-state index contributed by atoms with van der Waals surface area (Å²) in [5.41, 5.74) is -2.40. The van der Waals surface area contributed by atoms with Crippen LogP contribution in [-0.4, -0.2) is 36.3 Å². The van der Waals surface area contributed by atoms with Crippen molar-refractivity contribution in [2.45, 2.75) is 31.2 Å². The summed E-state index contributed by atoms with van der Waals surface area (Å²) in [6.07, 6.45) is -5.28. The Labute approximate surface area is 160 Å². The normalized spacial score (nSPS) is 14.8.